The Morgan fingerprint density at radius 2 is 2.29 bits per heavy atom. The molecule has 1 fully saturated rings. The Bertz CT molecular complexity index is 419. The molecule has 6 nitrogen and oxygen atoms in total. The molecule has 1 aliphatic heterocycles. The van der Waals surface area contributed by atoms with Crippen molar-refractivity contribution in [1.82, 2.24) is 14.7 Å². The van der Waals surface area contributed by atoms with Gasteiger partial charge in [0.05, 0.1) is 30.6 Å². The SMILES string of the molecule is Cn1ncc(N)c1C(=O)N1CCOCC1(C)C. The lowest BCUT2D eigenvalue weighted by molar-refractivity contribution is -0.0374. The zero-order chi connectivity index (χ0) is 12.6. The minimum Gasteiger partial charge on any atom is -0.396 e. The van der Waals surface area contributed by atoms with E-state index in [4.69, 9.17) is 10.5 Å². The summed E-state index contributed by atoms with van der Waals surface area (Å²) in [6, 6.07) is 0. The van der Waals surface area contributed by atoms with E-state index >= 15 is 0 Å². The summed E-state index contributed by atoms with van der Waals surface area (Å²) in [5.74, 6) is -0.0872. The number of hydrogen-bond acceptors (Lipinski definition) is 4. The Morgan fingerprint density at radius 3 is 2.82 bits per heavy atom. The number of carbonyl (C=O) groups excluding carboxylic acids is 1. The smallest absolute Gasteiger partial charge is 0.274 e. The van der Waals surface area contributed by atoms with Gasteiger partial charge < -0.3 is 15.4 Å². The number of amides is 1. The first-order valence-corrected chi connectivity index (χ1v) is 5.60. The van der Waals surface area contributed by atoms with E-state index in [9.17, 15) is 4.79 Å². The van der Waals surface area contributed by atoms with Crippen LogP contribution in [0.25, 0.3) is 0 Å². The Kier molecular flexibility index (Phi) is 2.82. The molecule has 94 valence electrons. The monoisotopic (exact) mass is 238 g/mol. The second-order valence-corrected chi connectivity index (χ2v) is 4.89. The first-order valence-electron chi connectivity index (χ1n) is 5.60. The van der Waals surface area contributed by atoms with Gasteiger partial charge in [-0.15, -0.1) is 0 Å². The molecule has 2 heterocycles. The van der Waals surface area contributed by atoms with Gasteiger partial charge in [-0.3, -0.25) is 9.48 Å². The van der Waals surface area contributed by atoms with Gasteiger partial charge in [-0.25, -0.2) is 0 Å². The topological polar surface area (TPSA) is 73.4 Å². The molecule has 2 N–H and O–H groups in total. The van der Waals surface area contributed by atoms with E-state index in [0.29, 0.717) is 31.1 Å². The minimum atomic E-state index is -0.313. The number of carbonyl (C=O) groups is 1. The number of rotatable bonds is 1. The maximum atomic E-state index is 12.4. The second kappa shape index (κ2) is 4.03. The fourth-order valence-electron chi connectivity index (χ4n) is 2.08. The van der Waals surface area contributed by atoms with Crippen LogP contribution in [0.5, 0.6) is 0 Å². The van der Waals surface area contributed by atoms with Gasteiger partial charge in [0.15, 0.2) is 0 Å². The standard InChI is InChI=1S/C11H18N4O2/c1-11(2)7-17-5-4-15(11)10(16)9-8(12)6-13-14(9)3/h6H,4-5,7,12H2,1-3H3. The summed E-state index contributed by atoms with van der Waals surface area (Å²) in [5, 5.41) is 3.99. The Morgan fingerprint density at radius 1 is 1.59 bits per heavy atom. The summed E-state index contributed by atoms with van der Waals surface area (Å²) in [7, 11) is 1.72. The third kappa shape index (κ3) is 2.00. The number of nitrogens with two attached hydrogens (primary N) is 1. The lowest BCUT2D eigenvalue weighted by Crippen LogP contribution is -2.55. The van der Waals surface area contributed by atoms with Gasteiger partial charge in [-0.1, -0.05) is 0 Å². The summed E-state index contributed by atoms with van der Waals surface area (Å²) in [4.78, 5) is 14.2. The molecule has 1 amide bonds. The van der Waals surface area contributed by atoms with Gasteiger partial charge in [-0.2, -0.15) is 5.10 Å². The first kappa shape index (κ1) is 11.9. The van der Waals surface area contributed by atoms with Crippen LogP contribution in [-0.2, 0) is 11.8 Å². The molecule has 0 aromatic carbocycles. The summed E-state index contributed by atoms with van der Waals surface area (Å²) >= 11 is 0. The van der Waals surface area contributed by atoms with Crippen LogP contribution in [0.4, 0.5) is 5.69 Å². The van der Waals surface area contributed by atoms with Crippen LogP contribution in [0.2, 0.25) is 0 Å². The lowest BCUT2D eigenvalue weighted by atomic mass is 10.0. The molecule has 2 rings (SSSR count). The van der Waals surface area contributed by atoms with E-state index in [1.165, 1.54) is 10.9 Å². The average Bonchev–Trinajstić information content (AvgIpc) is 2.57. The summed E-state index contributed by atoms with van der Waals surface area (Å²) in [5.41, 5.74) is 6.32. The van der Waals surface area contributed by atoms with Crippen LogP contribution >= 0.6 is 0 Å². The van der Waals surface area contributed by atoms with Gasteiger partial charge in [0.1, 0.15) is 5.69 Å². The fraction of sp³-hybridized carbons (Fsp3) is 0.636. The van der Waals surface area contributed by atoms with E-state index in [2.05, 4.69) is 5.10 Å². The van der Waals surface area contributed by atoms with Crippen molar-refractivity contribution in [1.29, 1.82) is 0 Å². The molecule has 0 spiro atoms. The average molecular weight is 238 g/mol. The van der Waals surface area contributed by atoms with Gasteiger partial charge in [0.25, 0.3) is 5.91 Å². The normalized spacial score (nSPS) is 19.4. The predicted molar refractivity (Wildman–Crippen MR) is 63.6 cm³/mol. The number of anilines is 1. The minimum absolute atomic E-state index is 0.0872. The van der Waals surface area contributed by atoms with Gasteiger partial charge in [-0.05, 0) is 13.8 Å². The van der Waals surface area contributed by atoms with E-state index in [0.717, 1.165) is 0 Å². The van der Waals surface area contributed by atoms with E-state index in [-0.39, 0.29) is 11.4 Å². The van der Waals surface area contributed by atoms with Crippen molar-refractivity contribution in [2.24, 2.45) is 7.05 Å². The summed E-state index contributed by atoms with van der Waals surface area (Å²) in [6.45, 7) is 5.65. The number of nitrogens with zero attached hydrogens (tertiary/aromatic N) is 3. The highest BCUT2D eigenvalue weighted by atomic mass is 16.5. The lowest BCUT2D eigenvalue weighted by Gasteiger charge is -2.42. The molecule has 17 heavy (non-hydrogen) atoms. The van der Waals surface area contributed by atoms with Crippen molar-refractivity contribution in [3.8, 4) is 0 Å². The predicted octanol–water partition coefficient (Wildman–Crippen LogP) is 0.253. The molecule has 0 aliphatic carbocycles. The van der Waals surface area contributed by atoms with Crippen molar-refractivity contribution in [2.45, 2.75) is 19.4 Å². The summed E-state index contributed by atoms with van der Waals surface area (Å²) in [6.07, 6.45) is 1.50. The highest BCUT2D eigenvalue weighted by Crippen LogP contribution is 2.23. The number of morpholine rings is 1. The van der Waals surface area contributed by atoms with E-state index < -0.39 is 0 Å². The molecule has 1 saturated heterocycles. The Balaban J connectivity index is 2.31. The third-order valence-corrected chi connectivity index (χ3v) is 3.06. The maximum Gasteiger partial charge on any atom is 0.274 e. The van der Waals surface area contributed by atoms with Crippen LogP contribution in [0.3, 0.4) is 0 Å². The van der Waals surface area contributed by atoms with Crippen LogP contribution < -0.4 is 5.73 Å². The molecule has 0 unspecified atom stereocenters. The zero-order valence-electron chi connectivity index (χ0n) is 10.4. The maximum absolute atomic E-state index is 12.4. The van der Waals surface area contributed by atoms with Gasteiger partial charge in [0, 0.05) is 13.6 Å². The second-order valence-electron chi connectivity index (χ2n) is 4.89. The van der Waals surface area contributed by atoms with Crippen molar-refractivity contribution in [3.63, 3.8) is 0 Å². The van der Waals surface area contributed by atoms with Gasteiger partial charge in [0.2, 0.25) is 0 Å². The highest BCUT2D eigenvalue weighted by Gasteiger charge is 2.36. The Labute approximate surface area is 100 Å². The quantitative estimate of drug-likeness (QED) is 0.761. The number of nitrogen functional groups attached to an aromatic ring is 1. The summed E-state index contributed by atoms with van der Waals surface area (Å²) < 4.78 is 6.91. The van der Waals surface area contributed by atoms with Crippen molar-refractivity contribution in [2.75, 3.05) is 25.5 Å². The van der Waals surface area contributed by atoms with E-state index in [1.807, 2.05) is 13.8 Å². The largest absolute Gasteiger partial charge is 0.396 e. The van der Waals surface area contributed by atoms with Crippen molar-refractivity contribution < 1.29 is 9.53 Å². The molecule has 1 aromatic heterocycles. The van der Waals surface area contributed by atoms with Crippen LogP contribution in [-0.4, -0.2) is 45.9 Å². The number of aryl methyl sites for hydroxylation is 1. The number of aromatic nitrogens is 2. The van der Waals surface area contributed by atoms with Crippen LogP contribution in [0.15, 0.2) is 6.20 Å². The molecule has 1 aromatic rings. The molecule has 0 atom stereocenters. The highest BCUT2D eigenvalue weighted by molar-refractivity contribution is 5.97. The molecule has 0 radical (unpaired) electrons. The van der Waals surface area contributed by atoms with Crippen LogP contribution in [0, 0.1) is 0 Å². The molecular formula is C11H18N4O2. The third-order valence-electron chi connectivity index (χ3n) is 3.06. The van der Waals surface area contributed by atoms with Crippen molar-refractivity contribution >= 4 is 11.6 Å². The number of hydrogen-bond donors (Lipinski definition) is 1. The van der Waals surface area contributed by atoms with Crippen LogP contribution in [0.1, 0.15) is 24.3 Å². The number of ether oxygens (including phenoxy) is 1. The zero-order valence-corrected chi connectivity index (χ0v) is 10.4. The van der Waals surface area contributed by atoms with E-state index in [1.54, 1.807) is 11.9 Å². The molecule has 1 aliphatic rings. The Hall–Kier alpha value is -1.56. The van der Waals surface area contributed by atoms with Gasteiger partial charge >= 0.3 is 0 Å². The molecule has 0 saturated carbocycles. The molecular weight excluding hydrogens is 220 g/mol. The first-order chi connectivity index (χ1) is 7.93. The van der Waals surface area contributed by atoms with Crippen molar-refractivity contribution in [3.05, 3.63) is 11.9 Å². The fourth-order valence-corrected chi connectivity index (χ4v) is 2.08. The molecule has 0 bridgehead atoms. The molecule has 6 heteroatoms.